The number of fused-ring (bicyclic) bond motifs is 1. The van der Waals surface area contributed by atoms with Crippen LogP contribution in [-0.2, 0) is 18.9 Å². The molecule has 0 aromatic heterocycles. The summed E-state index contributed by atoms with van der Waals surface area (Å²) in [4.78, 5) is 0. The lowest BCUT2D eigenvalue weighted by Gasteiger charge is -2.12. The van der Waals surface area contributed by atoms with Crippen LogP contribution < -0.4 is 0 Å². The van der Waals surface area contributed by atoms with E-state index in [0.717, 1.165) is 5.56 Å². The molecule has 2 aliphatic heterocycles. The van der Waals surface area contributed by atoms with E-state index in [2.05, 4.69) is 6.58 Å². The molecule has 0 amide bonds. The van der Waals surface area contributed by atoms with E-state index < -0.39 is 0 Å². The van der Waals surface area contributed by atoms with Gasteiger partial charge in [0, 0.05) is 5.56 Å². The molecule has 1 aromatic carbocycles. The van der Waals surface area contributed by atoms with Crippen molar-refractivity contribution in [2.24, 2.45) is 0 Å². The van der Waals surface area contributed by atoms with Crippen LogP contribution >= 0.6 is 0 Å². The van der Waals surface area contributed by atoms with Gasteiger partial charge in [-0.25, -0.2) is 0 Å². The van der Waals surface area contributed by atoms with E-state index in [0.29, 0.717) is 19.2 Å². The molecule has 0 aliphatic carbocycles. The quantitative estimate of drug-likeness (QED) is 0.744. The van der Waals surface area contributed by atoms with E-state index in [-0.39, 0.29) is 18.5 Å². The summed E-state index contributed by atoms with van der Waals surface area (Å²) in [6, 6.07) is 9.86. The first-order valence-electron chi connectivity index (χ1n) is 5.63. The number of rotatable bonds is 1. The third-order valence-corrected chi connectivity index (χ3v) is 2.90. The van der Waals surface area contributed by atoms with Crippen molar-refractivity contribution in [2.75, 3.05) is 13.2 Å². The molecule has 2 fully saturated rings. The maximum atomic E-state index is 5.81. The third kappa shape index (κ3) is 2.14. The summed E-state index contributed by atoms with van der Waals surface area (Å²) >= 11 is 0. The molecule has 2 unspecified atom stereocenters. The van der Waals surface area contributed by atoms with Crippen molar-refractivity contribution >= 4 is 0 Å². The summed E-state index contributed by atoms with van der Waals surface area (Å²) in [5, 5.41) is 0. The van der Waals surface area contributed by atoms with Gasteiger partial charge in [0.2, 0.25) is 0 Å². The summed E-state index contributed by atoms with van der Waals surface area (Å²) in [5.41, 5.74) is 1.01. The molecule has 0 saturated carbocycles. The molecule has 0 spiro atoms. The molecule has 1 aromatic rings. The van der Waals surface area contributed by atoms with Gasteiger partial charge in [0.25, 0.3) is 5.95 Å². The zero-order chi connectivity index (χ0) is 11.7. The highest BCUT2D eigenvalue weighted by Gasteiger charge is 2.39. The van der Waals surface area contributed by atoms with E-state index in [1.807, 2.05) is 30.3 Å². The lowest BCUT2D eigenvalue weighted by atomic mass is 10.2. The Hall–Kier alpha value is -1.52. The van der Waals surface area contributed by atoms with Crippen molar-refractivity contribution in [2.45, 2.75) is 18.5 Å². The average Bonchev–Trinajstić information content (AvgIpc) is 2.71. The van der Waals surface area contributed by atoms with Gasteiger partial charge in [-0.2, -0.15) is 0 Å². The van der Waals surface area contributed by atoms with Crippen LogP contribution in [0.15, 0.2) is 42.9 Å². The molecule has 17 heavy (non-hydrogen) atoms. The fourth-order valence-electron chi connectivity index (χ4n) is 1.98. The van der Waals surface area contributed by atoms with Crippen LogP contribution in [0.3, 0.4) is 0 Å². The maximum absolute atomic E-state index is 5.81. The minimum Gasteiger partial charge on any atom is -0.463 e. The highest BCUT2D eigenvalue weighted by atomic mass is 16.8. The summed E-state index contributed by atoms with van der Waals surface area (Å²) in [5.74, 6) is 0.336. The first kappa shape index (κ1) is 10.6. The fraction of sp³-hybridized carbons (Fsp3) is 0.385. The van der Waals surface area contributed by atoms with E-state index in [9.17, 15) is 0 Å². The molecule has 4 heteroatoms. The molecular weight excluding hydrogens is 220 g/mol. The molecule has 0 N–H and O–H groups in total. The molecule has 2 heterocycles. The van der Waals surface area contributed by atoms with Gasteiger partial charge in [-0.3, -0.25) is 0 Å². The zero-order valence-corrected chi connectivity index (χ0v) is 9.37. The fourth-order valence-corrected chi connectivity index (χ4v) is 1.98. The van der Waals surface area contributed by atoms with Crippen molar-refractivity contribution in [1.82, 2.24) is 0 Å². The smallest absolute Gasteiger partial charge is 0.271 e. The Labute approximate surface area is 99.7 Å². The zero-order valence-electron chi connectivity index (χ0n) is 9.37. The number of benzene rings is 1. The van der Waals surface area contributed by atoms with E-state index >= 15 is 0 Å². The summed E-state index contributed by atoms with van der Waals surface area (Å²) in [6.07, 6.45) is -0.524. The molecule has 90 valence electrons. The molecule has 2 saturated heterocycles. The van der Waals surface area contributed by atoms with Gasteiger partial charge >= 0.3 is 0 Å². The van der Waals surface area contributed by atoms with Gasteiger partial charge in [0.05, 0.1) is 0 Å². The number of hydrogen-bond acceptors (Lipinski definition) is 4. The standard InChI is InChI=1S/C13H14O4/c1-9-14-7-11-12(8-15-9)17-13(16-11)10-5-3-2-4-6-10/h2-6,11-13H,1,7-8H2. The van der Waals surface area contributed by atoms with E-state index in [1.54, 1.807) is 0 Å². The Morgan fingerprint density at radius 3 is 2.12 bits per heavy atom. The van der Waals surface area contributed by atoms with Gasteiger partial charge in [-0.1, -0.05) is 30.3 Å². The van der Waals surface area contributed by atoms with Crippen LogP contribution in [0.1, 0.15) is 11.9 Å². The minimum absolute atomic E-state index is 0.0977. The number of ether oxygens (including phenoxy) is 4. The second-order valence-corrected chi connectivity index (χ2v) is 4.09. The first-order chi connectivity index (χ1) is 8.33. The molecule has 0 radical (unpaired) electrons. The predicted octanol–water partition coefficient (Wildman–Crippen LogP) is 1.99. The van der Waals surface area contributed by atoms with E-state index in [1.165, 1.54) is 0 Å². The largest absolute Gasteiger partial charge is 0.463 e. The highest BCUT2D eigenvalue weighted by Crippen LogP contribution is 2.33. The van der Waals surface area contributed by atoms with Crippen LogP contribution in [0.25, 0.3) is 0 Å². The second-order valence-electron chi connectivity index (χ2n) is 4.09. The summed E-state index contributed by atoms with van der Waals surface area (Å²) < 4.78 is 22.2. The molecular formula is C13H14O4. The first-order valence-corrected chi connectivity index (χ1v) is 5.63. The Morgan fingerprint density at radius 2 is 1.53 bits per heavy atom. The molecule has 3 rings (SSSR count). The highest BCUT2D eigenvalue weighted by molar-refractivity contribution is 5.16. The Morgan fingerprint density at radius 1 is 0.941 bits per heavy atom. The predicted molar refractivity (Wildman–Crippen MR) is 60.0 cm³/mol. The van der Waals surface area contributed by atoms with Crippen LogP contribution in [0.4, 0.5) is 0 Å². The third-order valence-electron chi connectivity index (χ3n) is 2.90. The average molecular weight is 234 g/mol. The topological polar surface area (TPSA) is 36.9 Å². The Balaban J connectivity index is 1.72. The molecule has 4 nitrogen and oxygen atoms in total. The van der Waals surface area contributed by atoms with Crippen molar-refractivity contribution in [3.63, 3.8) is 0 Å². The van der Waals surface area contributed by atoms with Gasteiger partial charge in [0.15, 0.2) is 6.29 Å². The van der Waals surface area contributed by atoms with Crippen LogP contribution in [0.5, 0.6) is 0 Å². The number of hydrogen-bond donors (Lipinski definition) is 0. The van der Waals surface area contributed by atoms with Crippen LogP contribution in [0, 0.1) is 0 Å². The van der Waals surface area contributed by atoms with E-state index in [4.69, 9.17) is 18.9 Å². The summed E-state index contributed by atoms with van der Waals surface area (Å²) in [7, 11) is 0. The summed E-state index contributed by atoms with van der Waals surface area (Å²) in [6.45, 7) is 4.47. The lowest BCUT2D eigenvalue weighted by molar-refractivity contribution is -0.0947. The van der Waals surface area contributed by atoms with Crippen LogP contribution in [-0.4, -0.2) is 25.4 Å². The van der Waals surface area contributed by atoms with Crippen molar-refractivity contribution in [3.05, 3.63) is 48.4 Å². The minimum atomic E-state index is -0.329. The molecule has 2 aliphatic rings. The molecule has 2 atom stereocenters. The van der Waals surface area contributed by atoms with Crippen molar-refractivity contribution in [1.29, 1.82) is 0 Å². The second kappa shape index (κ2) is 4.39. The SMILES string of the molecule is C=C1OCC2OC(c3ccccc3)OC2CO1. The normalized spacial score (nSPS) is 32.2. The van der Waals surface area contributed by atoms with Gasteiger partial charge in [0.1, 0.15) is 25.4 Å². The van der Waals surface area contributed by atoms with Crippen LogP contribution in [0.2, 0.25) is 0 Å². The molecule has 0 bridgehead atoms. The van der Waals surface area contributed by atoms with Gasteiger partial charge in [-0.05, 0) is 6.58 Å². The Bertz CT molecular complexity index is 385. The van der Waals surface area contributed by atoms with Crippen molar-refractivity contribution in [3.8, 4) is 0 Å². The van der Waals surface area contributed by atoms with Gasteiger partial charge < -0.3 is 18.9 Å². The monoisotopic (exact) mass is 234 g/mol. The van der Waals surface area contributed by atoms with Gasteiger partial charge in [-0.15, -0.1) is 0 Å². The Kier molecular flexibility index (Phi) is 2.74. The maximum Gasteiger partial charge on any atom is 0.271 e. The lowest BCUT2D eigenvalue weighted by Crippen LogP contribution is -2.27. The van der Waals surface area contributed by atoms with Crippen molar-refractivity contribution < 1.29 is 18.9 Å².